The first-order valence-electron chi connectivity index (χ1n) is 32.8. The molecule has 6 fully saturated rings. The second-order valence-corrected chi connectivity index (χ2v) is 25.1. The lowest BCUT2D eigenvalue weighted by Crippen LogP contribution is -2.72. The van der Waals surface area contributed by atoms with E-state index in [-0.39, 0.29) is 5.56 Å². The van der Waals surface area contributed by atoms with Crippen LogP contribution in [0.3, 0.4) is 0 Å². The number of benzene rings is 1. The molecule has 1 aromatic carbocycles. The molecule has 98 heavy (non-hydrogen) atoms. The average Bonchev–Trinajstić information content (AvgIpc) is 0.774. The number of unbranched alkanes of at least 4 members (excludes halogenated alkanes) is 5. The Morgan fingerprint density at radius 3 is 1.34 bits per heavy atom. The van der Waals surface area contributed by atoms with Crippen molar-refractivity contribution in [3.63, 3.8) is 0 Å². The highest BCUT2D eigenvalue weighted by Crippen LogP contribution is 2.37. The molecule has 30 atom stereocenters. The highest BCUT2D eigenvalue weighted by Gasteiger charge is 2.58. The van der Waals surface area contributed by atoms with Crippen LogP contribution in [-0.2, 0) is 71.3 Å². The van der Waals surface area contributed by atoms with Crippen LogP contribution in [-0.4, -0.2) is 325 Å². The number of hydrogen-bond donors (Lipinski definition) is 19. The third-order valence-electron chi connectivity index (χ3n) is 17.6. The fourth-order valence-corrected chi connectivity index (χ4v) is 12.4. The van der Waals surface area contributed by atoms with E-state index in [2.05, 4.69) is 45.7 Å². The molecule has 1 aromatic rings. The second kappa shape index (κ2) is 37.9. The molecule has 6 aliphatic rings. The van der Waals surface area contributed by atoms with Crippen molar-refractivity contribution < 1.29 is 152 Å². The first-order chi connectivity index (χ1) is 46.7. The summed E-state index contributed by atoms with van der Waals surface area (Å²) in [5, 5.41) is 168. The summed E-state index contributed by atoms with van der Waals surface area (Å²) in [6.45, 7) is 3.29. The number of rotatable bonds is 31. The Kier molecular flexibility index (Phi) is 31.1. The van der Waals surface area contributed by atoms with Crippen LogP contribution in [0.25, 0.3) is 0 Å². The van der Waals surface area contributed by atoms with Gasteiger partial charge in [0.25, 0.3) is 5.91 Å². The first-order valence-corrected chi connectivity index (χ1v) is 32.8. The maximum atomic E-state index is 13.9. The van der Waals surface area contributed by atoms with Crippen molar-refractivity contribution in [1.29, 1.82) is 0 Å². The molecule has 5 amide bonds. The maximum absolute atomic E-state index is 13.9. The quantitative estimate of drug-likeness (QED) is 0.0243. The van der Waals surface area contributed by atoms with E-state index in [0.717, 1.165) is 53.4 Å². The zero-order valence-corrected chi connectivity index (χ0v) is 55.2. The Hall–Kier alpha value is -4.89. The van der Waals surface area contributed by atoms with Crippen LogP contribution in [0.1, 0.15) is 96.8 Å². The summed E-state index contributed by atoms with van der Waals surface area (Å²) in [4.78, 5) is 65.0. The second-order valence-electron chi connectivity index (χ2n) is 25.1. The lowest BCUT2D eigenvalue weighted by molar-refractivity contribution is -0.368. The van der Waals surface area contributed by atoms with E-state index in [9.17, 15) is 95.5 Å². The van der Waals surface area contributed by atoms with E-state index in [1.807, 2.05) is 0 Å². The van der Waals surface area contributed by atoms with E-state index in [0.29, 0.717) is 18.8 Å². The Bertz CT molecular complexity index is 2710. The summed E-state index contributed by atoms with van der Waals surface area (Å²) in [5.41, 5.74) is 0.0454. The Balaban J connectivity index is 1.07. The van der Waals surface area contributed by atoms with Crippen LogP contribution >= 0.6 is 0 Å². The van der Waals surface area contributed by atoms with Gasteiger partial charge in [0.1, 0.15) is 146 Å². The lowest BCUT2D eigenvalue weighted by atomic mass is 9.93. The molecule has 19 N–H and O–H groups in total. The van der Waals surface area contributed by atoms with Gasteiger partial charge < -0.3 is 155 Å². The van der Waals surface area contributed by atoms with Crippen molar-refractivity contribution in [1.82, 2.24) is 26.6 Å². The number of amides is 5. The van der Waals surface area contributed by atoms with E-state index in [1.54, 1.807) is 12.1 Å². The van der Waals surface area contributed by atoms with Crippen LogP contribution in [0.5, 0.6) is 5.75 Å². The van der Waals surface area contributed by atoms with Crippen LogP contribution in [0.15, 0.2) is 36.4 Å². The molecular weight excluding hydrogens is 1310 g/mol. The molecule has 0 spiro atoms. The number of aliphatic hydroxyl groups is 14. The molecular formula is C62H99N5O31. The van der Waals surface area contributed by atoms with Crippen molar-refractivity contribution >= 4 is 29.5 Å². The molecule has 0 aromatic heterocycles. The SMILES string of the molecule is CCCCCC/C=C\CCCOc1cccc(C(=O)N[C@H]2[C@H](O[C@H]3[C@H](O)[C@@H](NC(C)=O)[C@H](O[C@H]4[C@H](O)[C@@H](NC(C)=O)[C@H](O[C@H]5[C@H](O)[C@@H](NC(C)=O)[C@H](O[C@H]6[C@H](O)[C@@H](NC(C)=O)C(O)O[C@@H]6CO[C@@H]6O[C@@H](C)[C@@H](O)[C@@H](O)[C@@H]6O)O[C@@H]5CO)O[C@@H]4CO)O[C@@H]3CO)O[C@H](CO)[C@@H](O)[C@@H]2O)c1. The molecule has 36 heteroatoms. The third kappa shape index (κ3) is 20.5. The van der Waals surface area contributed by atoms with Gasteiger partial charge in [0, 0.05) is 33.3 Å². The van der Waals surface area contributed by atoms with Crippen LogP contribution in [0.4, 0.5) is 0 Å². The predicted octanol–water partition coefficient (Wildman–Crippen LogP) is -7.37. The number of allylic oxidation sites excluding steroid dienone is 2. The fourth-order valence-electron chi connectivity index (χ4n) is 12.4. The van der Waals surface area contributed by atoms with Gasteiger partial charge in [-0.25, -0.2) is 0 Å². The van der Waals surface area contributed by atoms with Gasteiger partial charge in [-0.3, -0.25) is 24.0 Å². The average molecular weight is 1410 g/mol. The molecule has 0 radical (unpaired) electrons. The van der Waals surface area contributed by atoms with Crippen molar-refractivity contribution in [2.45, 2.75) is 270 Å². The summed E-state index contributed by atoms with van der Waals surface area (Å²) in [6, 6.07) is -2.52. The van der Waals surface area contributed by atoms with Crippen molar-refractivity contribution in [2.24, 2.45) is 0 Å². The Labute approximate surface area is 564 Å². The highest BCUT2D eigenvalue weighted by molar-refractivity contribution is 5.94. The summed E-state index contributed by atoms with van der Waals surface area (Å²) < 4.78 is 71.9. The van der Waals surface area contributed by atoms with Crippen molar-refractivity contribution in [2.75, 3.05) is 39.6 Å². The highest BCUT2D eigenvalue weighted by atomic mass is 16.8. The minimum Gasteiger partial charge on any atom is -0.494 e. The lowest BCUT2D eigenvalue weighted by Gasteiger charge is -2.51. The first kappa shape index (κ1) is 80.4. The number of ether oxygens (including phenoxy) is 12. The van der Waals surface area contributed by atoms with Gasteiger partial charge in [0.05, 0.1) is 45.7 Å². The molecule has 6 saturated heterocycles. The zero-order valence-electron chi connectivity index (χ0n) is 55.2. The Morgan fingerprint density at radius 1 is 0.449 bits per heavy atom. The normalized spacial score (nSPS) is 39.9. The minimum absolute atomic E-state index is 0.0454. The van der Waals surface area contributed by atoms with Gasteiger partial charge in [-0.05, 0) is 50.8 Å². The smallest absolute Gasteiger partial charge is 0.251 e. The number of carbonyl (C=O) groups is 5. The molecule has 0 saturated carbocycles. The molecule has 0 aliphatic carbocycles. The molecule has 6 heterocycles. The van der Waals surface area contributed by atoms with E-state index in [4.69, 9.17) is 56.8 Å². The van der Waals surface area contributed by atoms with Gasteiger partial charge >= 0.3 is 0 Å². The number of nitrogens with one attached hydrogen (secondary N) is 5. The molecule has 0 bridgehead atoms. The summed E-state index contributed by atoms with van der Waals surface area (Å²) in [6.07, 6.45) is -33.6. The predicted molar refractivity (Wildman–Crippen MR) is 328 cm³/mol. The Morgan fingerprint density at radius 2 is 0.878 bits per heavy atom. The monoisotopic (exact) mass is 1410 g/mol. The molecule has 6 aliphatic heterocycles. The van der Waals surface area contributed by atoms with Crippen LogP contribution in [0.2, 0.25) is 0 Å². The standard InChI is InChI=1S/C62H99N5O31/c1-7-8-9-10-11-12-13-14-15-19-87-32-18-16-17-31(20-32)56(85)67-39-45(78)44(77)33(21-68)91-58(39)95-52-34(22-69)92-59(40(47(52)80)64-28(4)73)96-53-35(23-70)93-60(41(48(53)81)65-29(5)74)97-54-36(24-71)94-61(42(49(54)82)66-30(6)75)98-55-37(90-57(86)38(46(55)79)63-27(3)72)25-88-62-51(84)50(83)43(76)26(2)89-62/h12-13,16-18,20,26,33-55,57-62,68-71,76-84,86H,7-11,14-15,19,21-25H2,1-6H3,(H,63,72)(H,64,73)(H,65,74)(H,66,75)(H,67,85)/b13-12-/t26-,33+,34+,35+,36+,37+,38+,39+,40+,41+,42+,43+,44+,45+,46+,47+,48+,49+,50+,51-,52+,53+,54+,55+,57?,58-,59-,60-,61-,62+/m0/s1. The van der Waals surface area contributed by atoms with Gasteiger partial charge in [0.2, 0.25) is 23.6 Å². The van der Waals surface area contributed by atoms with Crippen molar-refractivity contribution in [3.05, 3.63) is 42.0 Å². The molecule has 36 nitrogen and oxygen atoms in total. The summed E-state index contributed by atoms with van der Waals surface area (Å²) in [5.74, 6) is -3.72. The van der Waals surface area contributed by atoms with Gasteiger partial charge in [-0.1, -0.05) is 44.4 Å². The minimum atomic E-state index is -2.07. The van der Waals surface area contributed by atoms with Gasteiger partial charge in [0.15, 0.2) is 37.7 Å². The molecule has 7 rings (SSSR count). The maximum Gasteiger partial charge on any atom is 0.251 e. The van der Waals surface area contributed by atoms with E-state index in [1.165, 1.54) is 31.9 Å². The summed E-state index contributed by atoms with van der Waals surface area (Å²) >= 11 is 0. The zero-order chi connectivity index (χ0) is 71.8. The van der Waals surface area contributed by atoms with E-state index < -0.39 is 246 Å². The third-order valence-corrected chi connectivity index (χ3v) is 17.6. The van der Waals surface area contributed by atoms with E-state index >= 15 is 0 Å². The fraction of sp³-hybridized carbons (Fsp3) is 0.790. The molecule has 1 unspecified atom stereocenters. The number of carbonyl (C=O) groups excluding carboxylic acids is 5. The van der Waals surface area contributed by atoms with Gasteiger partial charge in [-0.2, -0.15) is 0 Å². The van der Waals surface area contributed by atoms with Crippen LogP contribution < -0.4 is 31.3 Å². The largest absolute Gasteiger partial charge is 0.494 e. The number of hydrogen-bond acceptors (Lipinski definition) is 31. The summed E-state index contributed by atoms with van der Waals surface area (Å²) in [7, 11) is 0. The molecule has 558 valence electrons. The van der Waals surface area contributed by atoms with Crippen molar-refractivity contribution in [3.8, 4) is 5.75 Å². The topological polar surface area (TPSA) is 539 Å². The van der Waals surface area contributed by atoms with Crippen LogP contribution in [0, 0.1) is 0 Å². The number of aliphatic hydroxyl groups excluding tert-OH is 14. The van der Waals surface area contributed by atoms with Gasteiger partial charge in [-0.15, -0.1) is 0 Å².